The van der Waals surface area contributed by atoms with E-state index < -0.39 is 6.10 Å². The zero-order chi connectivity index (χ0) is 16.9. The molecule has 2 aromatic carbocycles. The number of ether oxygens (including phenoxy) is 1. The van der Waals surface area contributed by atoms with E-state index in [0.717, 1.165) is 22.4 Å². The Kier molecular flexibility index (Phi) is 5.16. The summed E-state index contributed by atoms with van der Waals surface area (Å²) in [7, 11) is 0. The van der Waals surface area contributed by atoms with Gasteiger partial charge in [-0.2, -0.15) is 0 Å². The maximum Gasteiger partial charge on any atom is 0.220 e. The lowest BCUT2D eigenvalue weighted by molar-refractivity contribution is -0.122. The fourth-order valence-corrected chi connectivity index (χ4v) is 3.17. The van der Waals surface area contributed by atoms with Crippen molar-refractivity contribution >= 4 is 5.91 Å². The number of nitrogens with one attached hydrogen (secondary N) is 1. The summed E-state index contributed by atoms with van der Waals surface area (Å²) < 4.78 is 5.41. The summed E-state index contributed by atoms with van der Waals surface area (Å²) in [6, 6.07) is 15.4. The molecule has 0 spiro atoms. The Morgan fingerprint density at radius 3 is 2.71 bits per heavy atom. The molecule has 0 saturated heterocycles. The van der Waals surface area contributed by atoms with Crippen LogP contribution in [0.1, 0.15) is 36.1 Å². The van der Waals surface area contributed by atoms with Crippen LogP contribution in [-0.2, 0) is 17.6 Å². The quantitative estimate of drug-likeness (QED) is 0.858. The van der Waals surface area contributed by atoms with Gasteiger partial charge in [0, 0.05) is 12.8 Å². The van der Waals surface area contributed by atoms with Gasteiger partial charge in [-0.3, -0.25) is 4.79 Å². The van der Waals surface area contributed by atoms with Crippen LogP contribution in [0.5, 0.6) is 5.75 Å². The molecule has 4 heteroatoms. The van der Waals surface area contributed by atoms with Crippen LogP contribution in [0, 0.1) is 0 Å². The standard InChI is InChI=1S/C20H23NO3/c1-2-24-16-10-7-14(8-11-16)9-12-19(23)21-20-17-6-4-3-5-15(17)13-18(20)22/h3-8,10-11,18,20,22H,2,9,12-13H2,1H3,(H,21,23). The maximum absolute atomic E-state index is 12.3. The molecule has 0 saturated carbocycles. The topological polar surface area (TPSA) is 58.6 Å². The molecule has 0 fully saturated rings. The molecule has 126 valence electrons. The predicted molar refractivity (Wildman–Crippen MR) is 93.0 cm³/mol. The smallest absolute Gasteiger partial charge is 0.220 e. The van der Waals surface area contributed by atoms with Crippen LogP contribution in [0.15, 0.2) is 48.5 Å². The molecule has 1 amide bonds. The van der Waals surface area contributed by atoms with E-state index >= 15 is 0 Å². The van der Waals surface area contributed by atoms with Crippen molar-refractivity contribution in [3.63, 3.8) is 0 Å². The molecule has 2 aromatic rings. The lowest BCUT2D eigenvalue weighted by atomic mass is 10.1. The Labute approximate surface area is 142 Å². The second-order valence-electron chi connectivity index (χ2n) is 6.09. The number of aryl methyl sites for hydroxylation is 1. The summed E-state index contributed by atoms with van der Waals surface area (Å²) >= 11 is 0. The summed E-state index contributed by atoms with van der Waals surface area (Å²) in [5.41, 5.74) is 3.24. The van der Waals surface area contributed by atoms with Gasteiger partial charge in [0.2, 0.25) is 5.91 Å². The largest absolute Gasteiger partial charge is 0.494 e. The molecule has 2 unspecified atom stereocenters. The number of carbonyl (C=O) groups excluding carboxylic acids is 1. The molecule has 1 aliphatic carbocycles. The molecule has 0 bridgehead atoms. The number of aliphatic hydroxyl groups is 1. The van der Waals surface area contributed by atoms with Gasteiger partial charge in [-0.25, -0.2) is 0 Å². The normalized spacial score (nSPS) is 18.9. The van der Waals surface area contributed by atoms with E-state index in [9.17, 15) is 9.90 Å². The molecule has 0 aromatic heterocycles. The number of hydrogen-bond acceptors (Lipinski definition) is 3. The molecule has 0 aliphatic heterocycles. The molecule has 2 N–H and O–H groups in total. The van der Waals surface area contributed by atoms with Crippen molar-refractivity contribution in [2.24, 2.45) is 0 Å². The zero-order valence-corrected chi connectivity index (χ0v) is 13.9. The van der Waals surface area contributed by atoms with Crippen molar-refractivity contribution in [2.75, 3.05) is 6.61 Å². The second kappa shape index (κ2) is 7.49. The van der Waals surface area contributed by atoms with Gasteiger partial charge < -0.3 is 15.2 Å². The van der Waals surface area contributed by atoms with E-state index in [2.05, 4.69) is 5.32 Å². The van der Waals surface area contributed by atoms with E-state index in [1.807, 2.05) is 55.5 Å². The highest BCUT2D eigenvalue weighted by Crippen LogP contribution is 2.31. The van der Waals surface area contributed by atoms with Crippen LogP contribution in [0.3, 0.4) is 0 Å². The highest BCUT2D eigenvalue weighted by atomic mass is 16.5. The molecule has 1 aliphatic rings. The molecule has 4 nitrogen and oxygen atoms in total. The lowest BCUT2D eigenvalue weighted by Gasteiger charge is -2.18. The summed E-state index contributed by atoms with van der Waals surface area (Å²) in [4.78, 5) is 12.3. The summed E-state index contributed by atoms with van der Waals surface area (Å²) in [6.07, 6.45) is 1.12. The molecule has 0 radical (unpaired) electrons. The van der Waals surface area contributed by atoms with Crippen molar-refractivity contribution in [3.8, 4) is 5.75 Å². The predicted octanol–water partition coefficient (Wildman–Crippen LogP) is 2.79. The number of benzene rings is 2. The molecule has 3 rings (SSSR count). The molecule has 0 heterocycles. The van der Waals surface area contributed by atoms with Crippen LogP contribution < -0.4 is 10.1 Å². The zero-order valence-electron chi connectivity index (χ0n) is 13.9. The summed E-state index contributed by atoms with van der Waals surface area (Å²) in [5, 5.41) is 13.2. The Bertz CT molecular complexity index is 696. The number of aliphatic hydroxyl groups excluding tert-OH is 1. The van der Waals surface area contributed by atoms with E-state index in [1.54, 1.807) is 0 Å². The minimum absolute atomic E-state index is 0.0374. The first kappa shape index (κ1) is 16.5. The van der Waals surface area contributed by atoms with Gasteiger partial charge in [-0.15, -0.1) is 0 Å². The van der Waals surface area contributed by atoms with Crippen molar-refractivity contribution in [2.45, 2.75) is 38.3 Å². The van der Waals surface area contributed by atoms with E-state index in [1.165, 1.54) is 0 Å². The van der Waals surface area contributed by atoms with Gasteiger partial charge in [-0.1, -0.05) is 36.4 Å². The number of carbonyl (C=O) groups is 1. The SMILES string of the molecule is CCOc1ccc(CCC(=O)NC2c3ccccc3CC2O)cc1. The monoisotopic (exact) mass is 325 g/mol. The van der Waals surface area contributed by atoms with E-state index in [0.29, 0.717) is 25.9 Å². The lowest BCUT2D eigenvalue weighted by Crippen LogP contribution is -2.33. The number of rotatable bonds is 6. The maximum atomic E-state index is 12.3. The fraction of sp³-hybridized carbons (Fsp3) is 0.350. The van der Waals surface area contributed by atoms with Crippen molar-refractivity contribution in [1.29, 1.82) is 0 Å². The van der Waals surface area contributed by atoms with Crippen LogP contribution in [0.25, 0.3) is 0 Å². The van der Waals surface area contributed by atoms with Crippen LogP contribution in [-0.4, -0.2) is 23.7 Å². The minimum atomic E-state index is -0.545. The van der Waals surface area contributed by atoms with Crippen molar-refractivity contribution < 1.29 is 14.6 Å². The van der Waals surface area contributed by atoms with Gasteiger partial charge in [0.1, 0.15) is 5.75 Å². The van der Waals surface area contributed by atoms with Gasteiger partial charge in [0.15, 0.2) is 0 Å². The number of fused-ring (bicyclic) bond motifs is 1. The summed E-state index contributed by atoms with van der Waals surface area (Å²) in [5.74, 6) is 0.807. The fourth-order valence-electron chi connectivity index (χ4n) is 3.17. The first-order valence-corrected chi connectivity index (χ1v) is 8.44. The molecular formula is C20H23NO3. The van der Waals surface area contributed by atoms with E-state index in [-0.39, 0.29) is 11.9 Å². The Morgan fingerprint density at radius 1 is 1.21 bits per heavy atom. The van der Waals surface area contributed by atoms with E-state index in [4.69, 9.17) is 4.74 Å². The Hall–Kier alpha value is -2.33. The molecular weight excluding hydrogens is 302 g/mol. The third-order valence-corrected chi connectivity index (χ3v) is 4.40. The Morgan fingerprint density at radius 2 is 1.96 bits per heavy atom. The number of amides is 1. The van der Waals surface area contributed by atoms with Crippen molar-refractivity contribution in [1.82, 2.24) is 5.32 Å². The average Bonchev–Trinajstić information content (AvgIpc) is 2.90. The molecule has 24 heavy (non-hydrogen) atoms. The average molecular weight is 325 g/mol. The first-order valence-electron chi connectivity index (χ1n) is 8.44. The third kappa shape index (κ3) is 3.77. The second-order valence-corrected chi connectivity index (χ2v) is 6.09. The van der Waals surface area contributed by atoms with Crippen molar-refractivity contribution in [3.05, 3.63) is 65.2 Å². The summed E-state index contributed by atoms with van der Waals surface area (Å²) in [6.45, 7) is 2.60. The van der Waals surface area contributed by atoms with Gasteiger partial charge in [0.25, 0.3) is 0 Å². The van der Waals surface area contributed by atoms with Crippen LogP contribution in [0.2, 0.25) is 0 Å². The van der Waals surface area contributed by atoms with Crippen LogP contribution >= 0.6 is 0 Å². The third-order valence-electron chi connectivity index (χ3n) is 4.40. The van der Waals surface area contributed by atoms with Gasteiger partial charge in [-0.05, 0) is 42.2 Å². The first-order chi connectivity index (χ1) is 11.7. The Balaban J connectivity index is 1.54. The number of hydrogen-bond donors (Lipinski definition) is 2. The minimum Gasteiger partial charge on any atom is -0.494 e. The highest BCUT2D eigenvalue weighted by molar-refractivity contribution is 5.77. The van der Waals surface area contributed by atoms with Crippen LogP contribution in [0.4, 0.5) is 0 Å². The molecule has 2 atom stereocenters. The highest BCUT2D eigenvalue weighted by Gasteiger charge is 2.31. The van der Waals surface area contributed by atoms with Gasteiger partial charge >= 0.3 is 0 Å². The van der Waals surface area contributed by atoms with Gasteiger partial charge in [0.05, 0.1) is 18.8 Å².